The maximum atomic E-state index is 12.4. The molecule has 0 aliphatic carbocycles. The number of hydrogen-bond donors (Lipinski definition) is 0. The van der Waals surface area contributed by atoms with Crippen LogP contribution in [0, 0.1) is 12.8 Å². The highest BCUT2D eigenvalue weighted by molar-refractivity contribution is 6.01. The van der Waals surface area contributed by atoms with Crippen molar-refractivity contribution in [2.45, 2.75) is 20.8 Å². The third kappa shape index (κ3) is 2.99. The first kappa shape index (κ1) is 13.3. The first-order valence-electron chi connectivity index (χ1n) is 6.41. The van der Waals surface area contributed by atoms with Gasteiger partial charge in [-0.15, -0.1) is 0 Å². The third-order valence-corrected chi connectivity index (χ3v) is 2.88. The van der Waals surface area contributed by atoms with Gasteiger partial charge in [-0.2, -0.15) is 0 Å². The molecule has 19 heavy (non-hydrogen) atoms. The van der Waals surface area contributed by atoms with Crippen LogP contribution in [0.25, 0.3) is 0 Å². The van der Waals surface area contributed by atoms with E-state index in [-0.39, 0.29) is 11.8 Å². The molecule has 0 saturated carbocycles. The zero-order valence-electron chi connectivity index (χ0n) is 11.5. The molecular weight excluding hydrogens is 236 g/mol. The molecule has 0 bridgehead atoms. The van der Waals surface area contributed by atoms with Gasteiger partial charge in [0.1, 0.15) is 0 Å². The van der Waals surface area contributed by atoms with Crippen molar-refractivity contribution in [1.29, 1.82) is 0 Å². The number of rotatable bonds is 3. The summed E-state index contributed by atoms with van der Waals surface area (Å²) in [6, 6.07) is 13.5. The van der Waals surface area contributed by atoms with Crippen molar-refractivity contribution in [1.82, 2.24) is 4.98 Å². The number of anilines is 2. The number of aryl methyl sites for hydroxylation is 1. The first-order valence-corrected chi connectivity index (χ1v) is 6.41. The summed E-state index contributed by atoms with van der Waals surface area (Å²) in [6.45, 7) is 5.74. The van der Waals surface area contributed by atoms with E-state index in [1.54, 1.807) is 11.1 Å². The first-order chi connectivity index (χ1) is 9.09. The van der Waals surface area contributed by atoms with Gasteiger partial charge in [0.15, 0.2) is 0 Å². The average molecular weight is 254 g/mol. The summed E-state index contributed by atoms with van der Waals surface area (Å²) >= 11 is 0. The van der Waals surface area contributed by atoms with Crippen molar-refractivity contribution >= 4 is 17.3 Å². The lowest BCUT2D eigenvalue weighted by atomic mass is 10.1. The lowest BCUT2D eigenvalue weighted by Crippen LogP contribution is -2.29. The van der Waals surface area contributed by atoms with E-state index in [1.807, 2.05) is 63.2 Å². The summed E-state index contributed by atoms with van der Waals surface area (Å²) in [7, 11) is 0. The molecule has 1 aromatic carbocycles. The van der Waals surface area contributed by atoms with E-state index < -0.39 is 0 Å². The highest BCUT2D eigenvalue weighted by atomic mass is 16.2. The Hall–Kier alpha value is -2.16. The average Bonchev–Trinajstić information content (AvgIpc) is 2.42. The number of para-hydroxylation sites is 1. The van der Waals surface area contributed by atoms with E-state index in [1.165, 1.54) is 0 Å². The van der Waals surface area contributed by atoms with Crippen LogP contribution in [-0.4, -0.2) is 10.9 Å². The van der Waals surface area contributed by atoms with Crippen LogP contribution in [0.5, 0.6) is 0 Å². The van der Waals surface area contributed by atoms with Gasteiger partial charge >= 0.3 is 0 Å². The van der Waals surface area contributed by atoms with Crippen LogP contribution < -0.4 is 4.90 Å². The summed E-state index contributed by atoms with van der Waals surface area (Å²) in [6.07, 6.45) is 1.74. The highest BCUT2D eigenvalue weighted by Crippen LogP contribution is 2.26. The molecular formula is C16H18N2O. The van der Waals surface area contributed by atoms with Gasteiger partial charge in [-0.3, -0.25) is 14.7 Å². The van der Waals surface area contributed by atoms with E-state index in [0.29, 0.717) is 0 Å². The molecule has 0 N–H and O–H groups in total. The van der Waals surface area contributed by atoms with E-state index in [0.717, 1.165) is 17.1 Å². The lowest BCUT2D eigenvalue weighted by molar-refractivity contribution is -0.120. The second-order valence-corrected chi connectivity index (χ2v) is 4.82. The summed E-state index contributed by atoms with van der Waals surface area (Å²) in [5, 5.41) is 0. The SMILES string of the molecule is Cc1ccc(N(C(=O)C(C)C)c2ccccc2)cn1. The van der Waals surface area contributed by atoms with Gasteiger partial charge in [0, 0.05) is 17.3 Å². The molecule has 0 fully saturated rings. The van der Waals surface area contributed by atoms with Gasteiger partial charge in [-0.05, 0) is 31.2 Å². The fourth-order valence-corrected chi connectivity index (χ4v) is 1.83. The van der Waals surface area contributed by atoms with Gasteiger partial charge in [0.2, 0.25) is 5.91 Å². The number of aromatic nitrogens is 1. The molecule has 2 aromatic rings. The van der Waals surface area contributed by atoms with Crippen LogP contribution in [0.4, 0.5) is 11.4 Å². The van der Waals surface area contributed by atoms with Crippen LogP contribution in [-0.2, 0) is 4.79 Å². The topological polar surface area (TPSA) is 33.2 Å². The number of benzene rings is 1. The Labute approximate surface area is 113 Å². The molecule has 0 aliphatic rings. The Balaban J connectivity index is 2.46. The van der Waals surface area contributed by atoms with Gasteiger partial charge in [0.25, 0.3) is 0 Å². The van der Waals surface area contributed by atoms with Crippen LogP contribution in [0.3, 0.4) is 0 Å². The fourth-order valence-electron chi connectivity index (χ4n) is 1.83. The van der Waals surface area contributed by atoms with E-state index >= 15 is 0 Å². The maximum absolute atomic E-state index is 12.4. The van der Waals surface area contributed by atoms with Gasteiger partial charge in [-0.1, -0.05) is 32.0 Å². The smallest absolute Gasteiger partial charge is 0.234 e. The zero-order valence-corrected chi connectivity index (χ0v) is 11.5. The molecule has 0 radical (unpaired) electrons. The normalized spacial score (nSPS) is 10.5. The minimum absolute atomic E-state index is 0.0665. The molecule has 1 aromatic heterocycles. The molecule has 1 heterocycles. The molecule has 0 atom stereocenters. The summed E-state index contributed by atoms with van der Waals surface area (Å²) in [4.78, 5) is 18.4. The number of carbonyl (C=O) groups excluding carboxylic acids is 1. The Morgan fingerprint density at radius 1 is 1.05 bits per heavy atom. The summed E-state index contributed by atoms with van der Waals surface area (Å²) in [5.74, 6) is -0.00152. The predicted octanol–water partition coefficient (Wildman–Crippen LogP) is 3.71. The number of hydrogen-bond acceptors (Lipinski definition) is 2. The molecule has 0 unspecified atom stereocenters. The van der Waals surface area contributed by atoms with Crippen molar-refractivity contribution in [3.63, 3.8) is 0 Å². The number of nitrogens with zero attached hydrogens (tertiary/aromatic N) is 2. The van der Waals surface area contributed by atoms with E-state index in [2.05, 4.69) is 4.98 Å². The predicted molar refractivity (Wildman–Crippen MR) is 77.4 cm³/mol. The molecule has 2 rings (SSSR count). The molecule has 0 spiro atoms. The Kier molecular flexibility index (Phi) is 3.95. The van der Waals surface area contributed by atoms with Crippen molar-refractivity contribution in [2.24, 2.45) is 5.92 Å². The maximum Gasteiger partial charge on any atom is 0.234 e. The Morgan fingerprint density at radius 2 is 1.74 bits per heavy atom. The Bertz CT molecular complexity index is 547. The largest absolute Gasteiger partial charge is 0.279 e. The van der Waals surface area contributed by atoms with E-state index in [4.69, 9.17) is 0 Å². The standard InChI is InChI=1S/C16H18N2O/c1-12(2)16(19)18(14-7-5-4-6-8-14)15-10-9-13(3)17-11-15/h4-12H,1-3H3. The number of carbonyl (C=O) groups is 1. The molecule has 98 valence electrons. The second kappa shape index (κ2) is 5.65. The van der Waals surface area contributed by atoms with Gasteiger partial charge in [0.05, 0.1) is 11.9 Å². The minimum Gasteiger partial charge on any atom is -0.279 e. The van der Waals surface area contributed by atoms with Crippen molar-refractivity contribution in [3.8, 4) is 0 Å². The van der Waals surface area contributed by atoms with E-state index in [9.17, 15) is 4.79 Å². The van der Waals surface area contributed by atoms with Crippen LogP contribution in [0.15, 0.2) is 48.7 Å². The second-order valence-electron chi connectivity index (χ2n) is 4.82. The summed E-state index contributed by atoms with van der Waals surface area (Å²) < 4.78 is 0. The molecule has 0 aliphatic heterocycles. The summed E-state index contributed by atoms with van der Waals surface area (Å²) in [5.41, 5.74) is 2.61. The zero-order chi connectivity index (χ0) is 13.8. The van der Waals surface area contributed by atoms with Crippen molar-refractivity contribution < 1.29 is 4.79 Å². The highest BCUT2D eigenvalue weighted by Gasteiger charge is 2.20. The fraction of sp³-hybridized carbons (Fsp3) is 0.250. The van der Waals surface area contributed by atoms with Crippen LogP contribution in [0.1, 0.15) is 19.5 Å². The van der Waals surface area contributed by atoms with Gasteiger partial charge in [-0.25, -0.2) is 0 Å². The van der Waals surface area contributed by atoms with Crippen molar-refractivity contribution in [2.75, 3.05) is 4.90 Å². The Morgan fingerprint density at radius 3 is 2.26 bits per heavy atom. The van der Waals surface area contributed by atoms with Crippen LogP contribution >= 0.6 is 0 Å². The molecule has 0 saturated heterocycles. The molecule has 1 amide bonds. The monoisotopic (exact) mass is 254 g/mol. The third-order valence-electron chi connectivity index (χ3n) is 2.88. The number of pyridine rings is 1. The van der Waals surface area contributed by atoms with Crippen LogP contribution in [0.2, 0.25) is 0 Å². The quantitative estimate of drug-likeness (QED) is 0.836. The lowest BCUT2D eigenvalue weighted by Gasteiger charge is -2.24. The number of amides is 1. The minimum atomic E-state index is -0.0680. The van der Waals surface area contributed by atoms with Crippen molar-refractivity contribution in [3.05, 3.63) is 54.4 Å². The molecule has 3 heteroatoms. The van der Waals surface area contributed by atoms with Gasteiger partial charge < -0.3 is 0 Å². The molecule has 3 nitrogen and oxygen atoms in total.